The van der Waals surface area contributed by atoms with Crippen molar-refractivity contribution in [1.29, 1.82) is 0 Å². The third-order valence-electron chi connectivity index (χ3n) is 1.27. The molecule has 1 aromatic rings. The van der Waals surface area contributed by atoms with Gasteiger partial charge in [-0.25, -0.2) is 0 Å². The molecular weight excluding hydrogens is 243 g/mol. The molecule has 0 spiro atoms. The zero-order valence-electron chi connectivity index (χ0n) is 6.87. The first-order valence-corrected chi connectivity index (χ1v) is 5.62. The van der Waals surface area contributed by atoms with E-state index in [1.807, 2.05) is 19.0 Å². The van der Waals surface area contributed by atoms with Crippen LogP contribution in [0, 0.1) is 0 Å². The fraction of sp³-hybridized carbons (Fsp3) is 0.429. The molecule has 0 radical (unpaired) electrons. The molecule has 3 nitrogen and oxygen atoms in total. The summed E-state index contributed by atoms with van der Waals surface area (Å²) < 4.78 is 1.73. The molecule has 1 aromatic heterocycles. The van der Waals surface area contributed by atoms with Crippen LogP contribution in [0.3, 0.4) is 0 Å². The number of Topliss-reactive ketones (excluding diaryl/α,β-unsaturated/α-hetero) is 1. The van der Waals surface area contributed by atoms with E-state index in [2.05, 4.69) is 4.98 Å². The van der Waals surface area contributed by atoms with E-state index in [9.17, 15) is 4.79 Å². The Morgan fingerprint density at radius 3 is 2.83 bits per heavy atom. The Labute approximate surface area is 82.1 Å². The topological polar surface area (TPSA) is 33.2 Å². The van der Waals surface area contributed by atoms with Crippen molar-refractivity contribution in [2.24, 2.45) is 0 Å². The Morgan fingerprint density at radius 2 is 2.42 bits per heavy atom. The van der Waals surface area contributed by atoms with Crippen molar-refractivity contribution in [3.05, 3.63) is 10.6 Å². The number of carbonyl (C=O) groups excluding carboxylic acids is 1. The molecule has 1 rings (SSSR count). The Bertz CT molecular complexity index is 285. The van der Waals surface area contributed by atoms with Gasteiger partial charge >= 0.3 is 81.9 Å². The predicted molar refractivity (Wildman–Crippen MR) is 50.6 cm³/mol. The van der Waals surface area contributed by atoms with E-state index >= 15 is 0 Å². The van der Waals surface area contributed by atoms with Crippen molar-refractivity contribution in [1.82, 2.24) is 4.98 Å². The number of rotatable bonds is 3. The molecule has 0 aliphatic heterocycles. The maximum atomic E-state index is 11.1. The van der Waals surface area contributed by atoms with Crippen LogP contribution in [0.4, 0.5) is 4.69 Å². The maximum absolute atomic E-state index is 11.1. The second kappa shape index (κ2) is 4.08. The van der Waals surface area contributed by atoms with Gasteiger partial charge in [-0.2, -0.15) is 0 Å². The molecule has 0 fully saturated rings. The van der Waals surface area contributed by atoms with E-state index in [4.69, 9.17) is 11.6 Å². The van der Waals surface area contributed by atoms with Crippen molar-refractivity contribution >= 4 is 36.6 Å². The number of ketones is 1. The second-order valence-electron chi connectivity index (χ2n) is 2.46. The molecule has 0 atom stereocenters. The van der Waals surface area contributed by atoms with Crippen LogP contribution in [-0.2, 0) is 0 Å². The van der Waals surface area contributed by atoms with Gasteiger partial charge in [-0.3, -0.25) is 0 Å². The summed E-state index contributed by atoms with van der Waals surface area (Å²) in [6.07, 6.45) is 1.63. The summed E-state index contributed by atoms with van der Waals surface area (Å²) in [5.41, 5.74) is 0. The van der Waals surface area contributed by atoms with Crippen molar-refractivity contribution in [2.45, 2.75) is 0 Å². The van der Waals surface area contributed by atoms with E-state index in [-0.39, 0.29) is 26.2 Å². The minimum atomic E-state index is -0.00253. The van der Waals surface area contributed by atoms with E-state index in [0.29, 0.717) is 0 Å². The normalized spacial score (nSPS) is 9.92. The molecule has 0 N–H and O–H groups in total. The number of anilines is 1. The molecule has 0 bridgehead atoms. The SMILES string of the molecule is CN(C)c1ncc(C(=O)CCl)[se]1. The molecule has 0 amide bonds. The monoisotopic (exact) mass is 252 g/mol. The molecule has 0 saturated carbocycles. The van der Waals surface area contributed by atoms with Crippen molar-refractivity contribution < 1.29 is 4.79 Å². The second-order valence-corrected chi connectivity index (χ2v) is 4.84. The van der Waals surface area contributed by atoms with E-state index in [1.165, 1.54) is 0 Å². The molecule has 12 heavy (non-hydrogen) atoms. The van der Waals surface area contributed by atoms with Gasteiger partial charge in [0, 0.05) is 0 Å². The van der Waals surface area contributed by atoms with Gasteiger partial charge in [0.2, 0.25) is 0 Å². The first-order chi connectivity index (χ1) is 5.65. The number of nitrogens with zero attached hydrogens (tertiary/aromatic N) is 2. The standard InChI is InChI=1S/C7H9ClN2OSe/c1-10(2)7-9-4-6(12-7)5(11)3-8/h4H,3H2,1-2H3. The molecule has 66 valence electrons. The van der Waals surface area contributed by atoms with E-state index < -0.39 is 0 Å². The fourth-order valence-electron chi connectivity index (χ4n) is 0.666. The van der Waals surface area contributed by atoms with Crippen LogP contribution < -0.4 is 4.90 Å². The zero-order valence-corrected chi connectivity index (χ0v) is 9.34. The van der Waals surface area contributed by atoms with Crippen molar-refractivity contribution in [3.8, 4) is 0 Å². The summed E-state index contributed by atoms with van der Waals surface area (Å²) in [6, 6.07) is 0. The third kappa shape index (κ3) is 2.09. The number of carbonyl (C=O) groups is 1. The summed E-state index contributed by atoms with van der Waals surface area (Å²) >= 11 is 5.47. The number of hydrogen-bond acceptors (Lipinski definition) is 3. The van der Waals surface area contributed by atoms with Gasteiger partial charge in [-0.15, -0.1) is 0 Å². The molecule has 0 aliphatic rings. The van der Waals surface area contributed by atoms with Gasteiger partial charge in [0.05, 0.1) is 0 Å². The number of aromatic nitrogens is 1. The van der Waals surface area contributed by atoms with Gasteiger partial charge in [-0.05, 0) is 0 Å². The van der Waals surface area contributed by atoms with Crippen LogP contribution in [-0.4, -0.2) is 45.2 Å². The molecule has 5 heteroatoms. The van der Waals surface area contributed by atoms with Gasteiger partial charge in [0.25, 0.3) is 0 Å². The van der Waals surface area contributed by atoms with Gasteiger partial charge < -0.3 is 0 Å². The summed E-state index contributed by atoms with van der Waals surface area (Å²) in [4.78, 5) is 17.1. The van der Waals surface area contributed by atoms with Crippen LogP contribution in [0.2, 0.25) is 0 Å². The number of halogens is 1. The van der Waals surface area contributed by atoms with Crippen molar-refractivity contribution in [2.75, 3.05) is 24.9 Å². The average Bonchev–Trinajstić information content (AvgIpc) is 2.51. The molecule has 0 aliphatic carbocycles. The van der Waals surface area contributed by atoms with Gasteiger partial charge in [0.15, 0.2) is 0 Å². The van der Waals surface area contributed by atoms with Gasteiger partial charge in [-0.1, -0.05) is 0 Å². The molecule has 1 heterocycles. The first-order valence-electron chi connectivity index (χ1n) is 3.37. The summed E-state index contributed by atoms with van der Waals surface area (Å²) in [7, 11) is 3.84. The molecule has 0 saturated heterocycles. The molecule has 0 aromatic carbocycles. The molecule has 0 unspecified atom stereocenters. The Hall–Kier alpha value is -0.311. The van der Waals surface area contributed by atoms with Crippen LogP contribution in [0.15, 0.2) is 6.20 Å². The molecular formula is C7H9ClN2OSe. The minimum absolute atomic E-state index is 0.00253. The third-order valence-corrected chi connectivity index (χ3v) is 4.05. The van der Waals surface area contributed by atoms with Crippen LogP contribution in [0.5, 0.6) is 0 Å². The van der Waals surface area contributed by atoms with E-state index in [0.717, 1.165) is 9.13 Å². The predicted octanol–water partition coefficient (Wildman–Crippen LogP) is 0.626. The summed E-state index contributed by atoms with van der Waals surface area (Å²) in [5.74, 6) is 0.0568. The zero-order chi connectivity index (χ0) is 9.14. The van der Waals surface area contributed by atoms with Crippen LogP contribution >= 0.6 is 11.6 Å². The Balaban J connectivity index is 2.84. The fourth-order valence-corrected chi connectivity index (χ4v) is 2.62. The van der Waals surface area contributed by atoms with E-state index in [1.54, 1.807) is 6.20 Å². The Kier molecular flexibility index (Phi) is 3.32. The average molecular weight is 252 g/mol. The quantitative estimate of drug-likeness (QED) is 0.449. The first kappa shape index (κ1) is 9.78. The number of alkyl halides is 1. The Morgan fingerprint density at radius 1 is 1.75 bits per heavy atom. The summed E-state index contributed by atoms with van der Waals surface area (Å²) in [5, 5.41) is 0. The van der Waals surface area contributed by atoms with Crippen LogP contribution in [0.1, 0.15) is 9.23 Å². The summed E-state index contributed by atoms with van der Waals surface area (Å²) in [6.45, 7) is 0. The van der Waals surface area contributed by atoms with Crippen LogP contribution in [0.25, 0.3) is 0 Å². The number of hydrogen-bond donors (Lipinski definition) is 0. The van der Waals surface area contributed by atoms with Gasteiger partial charge in [0.1, 0.15) is 0 Å². The van der Waals surface area contributed by atoms with Crippen molar-refractivity contribution in [3.63, 3.8) is 0 Å².